The number of rotatable bonds is 11. The largest absolute Gasteiger partial charge is 0.471 e. The molecule has 206 valence electrons. The summed E-state index contributed by atoms with van der Waals surface area (Å²) in [5, 5.41) is 4.30. The molecule has 10 nitrogen and oxygen atoms in total. The van der Waals surface area contributed by atoms with Crippen molar-refractivity contribution in [2.75, 3.05) is 6.54 Å². The molecule has 1 heterocycles. The Morgan fingerprint density at radius 3 is 2.00 bits per heavy atom. The minimum absolute atomic E-state index is 0.0740. The minimum atomic E-state index is -5.27. The van der Waals surface area contributed by atoms with Crippen molar-refractivity contribution in [2.45, 2.75) is 44.3 Å². The fourth-order valence-electron chi connectivity index (χ4n) is 3.61. The maximum absolute atomic E-state index is 12.7. The highest BCUT2D eigenvalue weighted by Crippen LogP contribution is 2.18. The molecule has 1 aliphatic heterocycles. The summed E-state index contributed by atoms with van der Waals surface area (Å²) in [6.45, 7) is 0.0849. The van der Waals surface area contributed by atoms with E-state index < -0.39 is 41.8 Å². The van der Waals surface area contributed by atoms with Crippen LogP contribution in [0.2, 0.25) is 0 Å². The molecule has 0 bridgehead atoms. The van der Waals surface area contributed by atoms with E-state index in [-0.39, 0.29) is 55.1 Å². The number of unbranched alkanes of at least 4 members (excludes halogenated alkanes) is 1. The van der Waals surface area contributed by atoms with Crippen molar-refractivity contribution in [3.63, 3.8) is 0 Å². The van der Waals surface area contributed by atoms with Crippen molar-refractivity contribution in [1.82, 2.24) is 15.7 Å². The number of amides is 4. The third-order valence-corrected chi connectivity index (χ3v) is 5.68. The number of hydrogen-bond acceptors (Lipinski definition) is 7. The molecule has 1 atom stereocenters. The molecule has 0 saturated carbocycles. The maximum atomic E-state index is 12.7. The molecule has 0 aliphatic carbocycles. The number of halogens is 3. The number of benzene rings is 2. The summed E-state index contributed by atoms with van der Waals surface area (Å²) in [7, 11) is 0. The van der Waals surface area contributed by atoms with Crippen molar-refractivity contribution < 1.29 is 46.8 Å². The first-order valence-electron chi connectivity index (χ1n) is 11.9. The molecule has 2 aromatic rings. The quantitative estimate of drug-likeness (QED) is 0.250. The second-order valence-corrected chi connectivity index (χ2v) is 8.54. The monoisotopic (exact) mass is 547 g/mol. The number of ketones is 1. The zero-order valence-electron chi connectivity index (χ0n) is 20.5. The van der Waals surface area contributed by atoms with Crippen molar-refractivity contribution in [2.24, 2.45) is 0 Å². The first-order chi connectivity index (χ1) is 18.5. The summed E-state index contributed by atoms with van der Waals surface area (Å²) in [6, 6.07) is 12.8. The normalized spacial score (nSPS) is 14.1. The summed E-state index contributed by atoms with van der Waals surface area (Å²) in [4.78, 5) is 76.4. The Hall–Kier alpha value is -4.55. The smallest absolute Gasteiger partial charge is 0.352 e. The van der Waals surface area contributed by atoms with Crippen molar-refractivity contribution >= 4 is 35.4 Å². The van der Waals surface area contributed by atoms with E-state index in [1.54, 1.807) is 30.3 Å². The van der Waals surface area contributed by atoms with E-state index in [1.807, 2.05) is 0 Å². The molecule has 1 aliphatic rings. The van der Waals surface area contributed by atoms with Gasteiger partial charge in [0.25, 0.3) is 17.7 Å². The van der Waals surface area contributed by atoms with Crippen LogP contribution in [0, 0.1) is 0 Å². The average Bonchev–Trinajstić information content (AvgIpc) is 3.23. The molecule has 13 heteroatoms. The van der Waals surface area contributed by atoms with Gasteiger partial charge in [-0.2, -0.15) is 13.2 Å². The Balaban J connectivity index is 1.49. The number of alkyl halides is 3. The van der Waals surface area contributed by atoms with Crippen molar-refractivity contribution in [3.05, 3.63) is 71.3 Å². The van der Waals surface area contributed by atoms with Gasteiger partial charge in [0, 0.05) is 36.1 Å². The lowest BCUT2D eigenvalue weighted by Crippen LogP contribution is -2.49. The topological polar surface area (TPSA) is 139 Å². The molecule has 0 unspecified atom stereocenters. The van der Waals surface area contributed by atoms with Gasteiger partial charge in [-0.1, -0.05) is 42.5 Å². The lowest BCUT2D eigenvalue weighted by atomic mass is 10.0. The average molecular weight is 547 g/mol. The Labute approximate surface area is 220 Å². The van der Waals surface area contributed by atoms with Gasteiger partial charge in [-0.3, -0.25) is 24.0 Å². The first-order valence-corrected chi connectivity index (χ1v) is 11.9. The van der Waals surface area contributed by atoms with Crippen LogP contribution >= 0.6 is 0 Å². The third-order valence-electron chi connectivity index (χ3n) is 5.68. The molecule has 2 aromatic carbocycles. The van der Waals surface area contributed by atoms with Gasteiger partial charge in [0.1, 0.15) is 6.04 Å². The van der Waals surface area contributed by atoms with E-state index in [0.717, 1.165) is 0 Å². The maximum Gasteiger partial charge on any atom is 0.471 e. The van der Waals surface area contributed by atoms with Crippen LogP contribution in [0.4, 0.5) is 13.2 Å². The highest BCUT2D eigenvalue weighted by Gasteiger charge is 2.42. The van der Waals surface area contributed by atoms with Crippen LogP contribution in [0.5, 0.6) is 0 Å². The predicted octanol–water partition coefficient (Wildman–Crippen LogP) is 2.47. The summed E-state index contributed by atoms with van der Waals surface area (Å²) >= 11 is 0. The number of carbonyl (C=O) groups is 6. The Kier molecular flexibility index (Phi) is 9.52. The van der Waals surface area contributed by atoms with E-state index in [4.69, 9.17) is 0 Å². The summed E-state index contributed by atoms with van der Waals surface area (Å²) in [5.74, 6) is -6.09. The van der Waals surface area contributed by atoms with Crippen LogP contribution in [-0.4, -0.2) is 59.2 Å². The van der Waals surface area contributed by atoms with Crippen LogP contribution in [-0.2, 0) is 24.0 Å². The summed E-state index contributed by atoms with van der Waals surface area (Å²) in [5.41, 5.74) is 1.18. The predicted molar refractivity (Wildman–Crippen MR) is 128 cm³/mol. The van der Waals surface area contributed by atoms with Gasteiger partial charge in [0.2, 0.25) is 0 Å². The molecule has 4 amide bonds. The molecule has 0 spiro atoms. The van der Waals surface area contributed by atoms with E-state index in [9.17, 15) is 41.9 Å². The zero-order valence-corrected chi connectivity index (χ0v) is 20.5. The second-order valence-electron chi connectivity index (χ2n) is 8.54. The summed E-state index contributed by atoms with van der Waals surface area (Å²) in [6.07, 6.45) is -5.72. The highest BCUT2D eigenvalue weighted by molar-refractivity contribution is 6.09. The molecule has 1 saturated heterocycles. The van der Waals surface area contributed by atoms with E-state index in [2.05, 4.69) is 10.2 Å². The van der Waals surface area contributed by atoms with Gasteiger partial charge in [0.15, 0.2) is 5.78 Å². The van der Waals surface area contributed by atoms with E-state index >= 15 is 0 Å². The lowest BCUT2D eigenvalue weighted by Gasteiger charge is -2.20. The van der Waals surface area contributed by atoms with E-state index in [1.165, 1.54) is 29.6 Å². The zero-order chi connectivity index (χ0) is 28.6. The van der Waals surface area contributed by atoms with Crippen LogP contribution in [0.1, 0.15) is 58.4 Å². The molecule has 2 N–H and O–H groups in total. The number of hydrogen-bond donors (Lipinski definition) is 2. The molecular formula is C26H24F3N3O7. The fraction of sp³-hybridized carbons (Fsp3) is 0.308. The number of imide groups is 1. The Bertz CT molecular complexity index is 1230. The van der Waals surface area contributed by atoms with Crippen LogP contribution in [0.25, 0.3) is 0 Å². The molecular weight excluding hydrogens is 523 g/mol. The van der Waals surface area contributed by atoms with Gasteiger partial charge in [0.05, 0.1) is 0 Å². The van der Waals surface area contributed by atoms with Gasteiger partial charge in [-0.15, -0.1) is 5.06 Å². The van der Waals surface area contributed by atoms with Gasteiger partial charge < -0.3 is 15.5 Å². The SMILES string of the molecule is O=C(NCCCC[C@H](NC(=O)C(F)(F)F)C(=O)ON1C(=O)CCC1=O)c1ccc(C(=O)c2ccccc2)cc1. The van der Waals surface area contributed by atoms with Gasteiger partial charge >= 0.3 is 18.1 Å². The number of carbonyl (C=O) groups excluding carboxylic acids is 6. The molecule has 0 radical (unpaired) electrons. The summed E-state index contributed by atoms with van der Waals surface area (Å²) < 4.78 is 38.1. The number of nitrogens with one attached hydrogen (secondary N) is 2. The first kappa shape index (κ1) is 29.0. The lowest BCUT2D eigenvalue weighted by molar-refractivity contribution is -0.200. The molecule has 3 rings (SSSR count). The Morgan fingerprint density at radius 1 is 0.846 bits per heavy atom. The minimum Gasteiger partial charge on any atom is -0.352 e. The Morgan fingerprint density at radius 2 is 1.41 bits per heavy atom. The second kappa shape index (κ2) is 12.8. The fourth-order valence-corrected chi connectivity index (χ4v) is 3.61. The molecule has 1 fully saturated rings. The standard InChI is InChI=1S/C26H24F3N3O7/c27-26(28,29)25(38)31-19(24(37)39-32-20(33)13-14-21(32)34)8-4-5-15-30-23(36)18-11-9-17(10-12-18)22(35)16-6-2-1-3-7-16/h1-3,6-7,9-12,19H,4-5,8,13-15H2,(H,30,36)(H,31,38)/t19-/m0/s1. The van der Waals surface area contributed by atoms with Crippen LogP contribution in [0.15, 0.2) is 54.6 Å². The number of nitrogens with zero attached hydrogens (tertiary/aromatic N) is 1. The van der Waals surface area contributed by atoms with Crippen LogP contribution < -0.4 is 10.6 Å². The van der Waals surface area contributed by atoms with Crippen LogP contribution in [0.3, 0.4) is 0 Å². The van der Waals surface area contributed by atoms with Gasteiger partial charge in [-0.25, -0.2) is 4.79 Å². The van der Waals surface area contributed by atoms with Crippen molar-refractivity contribution in [3.8, 4) is 0 Å². The molecule has 39 heavy (non-hydrogen) atoms. The highest BCUT2D eigenvalue weighted by atomic mass is 19.4. The number of hydroxylamine groups is 2. The third kappa shape index (κ3) is 7.97. The van der Waals surface area contributed by atoms with E-state index in [0.29, 0.717) is 11.1 Å². The molecule has 0 aromatic heterocycles. The van der Waals surface area contributed by atoms with Gasteiger partial charge in [-0.05, 0) is 31.4 Å². The van der Waals surface area contributed by atoms with Crippen molar-refractivity contribution in [1.29, 1.82) is 0 Å².